The minimum atomic E-state index is -0.0894. The molecule has 0 radical (unpaired) electrons. The first-order valence-electron chi connectivity index (χ1n) is 13.3. The van der Waals surface area contributed by atoms with Crippen molar-refractivity contribution in [1.82, 2.24) is 14.9 Å². The van der Waals surface area contributed by atoms with Crippen LogP contribution in [0.1, 0.15) is 48.9 Å². The van der Waals surface area contributed by atoms with Gasteiger partial charge in [-0.15, -0.1) is 0 Å². The topological polar surface area (TPSA) is 90.3 Å². The number of carbonyl (C=O) groups excluding carboxylic acids is 2. The van der Waals surface area contributed by atoms with Gasteiger partial charge in [-0.05, 0) is 80.8 Å². The Morgan fingerprint density at radius 2 is 1.82 bits per heavy atom. The fourth-order valence-corrected chi connectivity index (χ4v) is 6.33. The molecule has 2 aromatic carbocycles. The van der Waals surface area contributed by atoms with Crippen molar-refractivity contribution in [3.63, 3.8) is 0 Å². The Labute approximate surface area is 231 Å². The van der Waals surface area contributed by atoms with Gasteiger partial charge in [0.25, 0.3) is 5.56 Å². The van der Waals surface area contributed by atoms with E-state index in [-0.39, 0.29) is 40.9 Å². The van der Waals surface area contributed by atoms with Crippen LogP contribution in [0.5, 0.6) is 0 Å². The second-order valence-electron chi connectivity index (χ2n) is 10.1. The summed E-state index contributed by atoms with van der Waals surface area (Å²) in [6, 6.07) is 14.1. The Morgan fingerprint density at radius 1 is 1.05 bits per heavy atom. The van der Waals surface area contributed by atoms with E-state index >= 15 is 0 Å². The van der Waals surface area contributed by atoms with E-state index in [4.69, 9.17) is 21.3 Å². The lowest BCUT2D eigenvalue weighted by molar-refractivity contribution is -0.126. The Kier molecular flexibility index (Phi) is 8.82. The van der Waals surface area contributed by atoms with Gasteiger partial charge in [-0.1, -0.05) is 35.5 Å². The van der Waals surface area contributed by atoms with Crippen molar-refractivity contribution < 1.29 is 14.3 Å². The fourth-order valence-electron chi connectivity index (χ4n) is 5.30. The predicted molar refractivity (Wildman–Crippen MR) is 150 cm³/mol. The first-order chi connectivity index (χ1) is 18.5. The number of nitrogens with zero attached hydrogens (tertiary/aromatic N) is 2. The summed E-state index contributed by atoms with van der Waals surface area (Å²) in [5, 5.41) is 4.77. The molecular formula is C29H32ClN3O4S. The van der Waals surface area contributed by atoms with E-state index in [9.17, 15) is 14.4 Å². The van der Waals surface area contributed by atoms with Gasteiger partial charge in [-0.25, -0.2) is 4.98 Å². The Bertz CT molecular complexity index is 1350. The average molecular weight is 554 g/mol. The number of hydrogen-bond acceptors (Lipinski definition) is 6. The summed E-state index contributed by atoms with van der Waals surface area (Å²) in [6.07, 6.45) is 5.54. The van der Waals surface area contributed by atoms with Gasteiger partial charge >= 0.3 is 0 Å². The molecule has 5 rings (SSSR count). The highest BCUT2D eigenvalue weighted by Crippen LogP contribution is 2.31. The molecule has 200 valence electrons. The number of thioether (sulfide) groups is 1. The standard InChI is InChI=1S/C29H32ClN3O4S/c30-22-13-11-20(12-14-22)26(34)18-38-29-32-25-6-2-1-5-24(25)28(36)33(29)17-19-7-9-21(10-8-19)27(35)31-16-23-4-3-15-37-23/h1-2,5-6,11-14,19,21,23H,3-4,7-10,15-18H2,(H,31,35)/t19?,21?,23-/m0/s1. The molecule has 2 heterocycles. The lowest BCUT2D eigenvalue weighted by atomic mass is 9.81. The number of ketones is 1. The van der Waals surface area contributed by atoms with Gasteiger partial charge in [0.1, 0.15) is 0 Å². The number of ether oxygens (including phenoxy) is 1. The quantitative estimate of drug-likeness (QED) is 0.224. The maximum atomic E-state index is 13.5. The third-order valence-electron chi connectivity index (χ3n) is 7.51. The van der Waals surface area contributed by atoms with Crippen LogP contribution in [0.2, 0.25) is 5.02 Å². The number of Topliss-reactive ketones (excluding diaryl/α,β-unsaturated/α-hetero) is 1. The van der Waals surface area contributed by atoms with Crippen LogP contribution in [0.15, 0.2) is 58.5 Å². The van der Waals surface area contributed by atoms with E-state index in [1.165, 1.54) is 11.8 Å². The first kappa shape index (κ1) is 26.9. The molecule has 2 aliphatic rings. The zero-order valence-electron chi connectivity index (χ0n) is 21.2. The van der Waals surface area contributed by atoms with Crippen LogP contribution >= 0.6 is 23.4 Å². The second kappa shape index (κ2) is 12.5. The Morgan fingerprint density at radius 3 is 2.55 bits per heavy atom. The highest BCUT2D eigenvalue weighted by Gasteiger charge is 2.28. The first-order valence-corrected chi connectivity index (χ1v) is 14.6. The number of rotatable bonds is 9. The summed E-state index contributed by atoms with van der Waals surface area (Å²) < 4.78 is 7.34. The molecule has 9 heteroatoms. The number of para-hydroxylation sites is 1. The summed E-state index contributed by atoms with van der Waals surface area (Å²) >= 11 is 7.24. The van der Waals surface area contributed by atoms with Gasteiger partial charge in [0.15, 0.2) is 10.9 Å². The molecule has 38 heavy (non-hydrogen) atoms. The molecule has 1 amide bonds. The summed E-state index contributed by atoms with van der Waals surface area (Å²) in [5.41, 5.74) is 1.11. The molecule has 0 spiro atoms. The van der Waals surface area contributed by atoms with Crippen molar-refractivity contribution in [2.24, 2.45) is 11.8 Å². The third-order valence-corrected chi connectivity index (χ3v) is 8.74. The number of amides is 1. The summed E-state index contributed by atoms with van der Waals surface area (Å²) in [7, 11) is 0. The molecule has 7 nitrogen and oxygen atoms in total. The van der Waals surface area contributed by atoms with E-state index in [2.05, 4.69) is 5.32 Å². The lowest BCUT2D eigenvalue weighted by Gasteiger charge is -2.29. The SMILES string of the molecule is O=C(CSc1nc2ccccc2c(=O)n1CC1CCC(C(=O)NC[C@@H]2CCCO2)CC1)c1ccc(Cl)cc1. The fraction of sp³-hybridized carbons (Fsp3) is 0.448. The highest BCUT2D eigenvalue weighted by molar-refractivity contribution is 7.99. The maximum Gasteiger partial charge on any atom is 0.262 e. The molecule has 1 N–H and O–H groups in total. The maximum absolute atomic E-state index is 13.5. The second-order valence-corrected chi connectivity index (χ2v) is 11.5. The van der Waals surface area contributed by atoms with Gasteiger partial charge < -0.3 is 10.1 Å². The third kappa shape index (κ3) is 6.47. The average Bonchev–Trinajstić information content (AvgIpc) is 3.47. The van der Waals surface area contributed by atoms with E-state index in [0.717, 1.165) is 45.1 Å². The van der Waals surface area contributed by atoms with Gasteiger partial charge in [-0.2, -0.15) is 0 Å². The van der Waals surface area contributed by atoms with E-state index < -0.39 is 0 Å². The molecule has 2 fully saturated rings. The van der Waals surface area contributed by atoms with Crippen molar-refractivity contribution in [2.45, 2.75) is 56.3 Å². The van der Waals surface area contributed by atoms with Gasteiger partial charge in [0.05, 0.1) is 22.8 Å². The zero-order chi connectivity index (χ0) is 26.5. The van der Waals surface area contributed by atoms with Gasteiger partial charge in [0, 0.05) is 36.2 Å². The number of carbonyl (C=O) groups is 2. The minimum Gasteiger partial charge on any atom is -0.376 e. The molecule has 3 aromatic rings. The molecule has 0 bridgehead atoms. The molecule has 1 saturated carbocycles. The number of fused-ring (bicyclic) bond motifs is 1. The van der Waals surface area contributed by atoms with Crippen LogP contribution in [-0.2, 0) is 16.1 Å². The number of nitrogens with one attached hydrogen (secondary N) is 1. The van der Waals surface area contributed by atoms with E-state index in [1.54, 1.807) is 34.9 Å². The van der Waals surface area contributed by atoms with Crippen LogP contribution in [-0.4, -0.2) is 46.2 Å². The van der Waals surface area contributed by atoms with Crippen LogP contribution < -0.4 is 10.9 Å². The molecule has 1 atom stereocenters. The van der Waals surface area contributed by atoms with E-state index in [0.29, 0.717) is 39.7 Å². The monoisotopic (exact) mass is 553 g/mol. The molecule has 1 aliphatic carbocycles. The summed E-state index contributed by atoms with van der Waals surface area (Å²) in [6.45, 7) is 1.90. The van der Waals surface area contributed by atoms with Gasteiger partial charge in [0.2, 0.25) is 5.91 Å². The van der Waals surface area contributed by atoms with Crippen molar-refractivity contribution in [1.29, 1.82) is 0 Å². The number of halogens is 1. The van der Waals surface area contributed by atoms with Crippen molar-refractivity contribution in [3.8, 4) is 0 Å². The Balaban J connectivity index is 1.25. The molecule has 0 unspecified atom stereocenters. The van der Waals surface area contributed by atoms with Crippen LogP contribution in [0.4, 0.5) is 0 Å². The van der Waals surface area contributed by atoms with Crippen LogP contribution in [0.25, 0.3) is 10.9 Å². The normalized spacial score (nSPS) is 21.4. The number of hydrogen-bond donors (Lipinski definition) is 1. The predicted octanol–water partition coefficient (Wildman–Crippen LogP) is 5.13. The largest absolute Gasteiger partial charge is 0.376 e. The zero-order valence-corrected chi connectivity index (χ0v) is 22.8. The molecule has 1 aliphatic heterocycles. The number of aromatic nitrogens is 2. The van der Waals surface area contributed by atoms with E-state index in [1.807, 2.05) is 18.2 Å². The Hall–Kier alpha value is -2.68. The van der Waals surface area contributed by atoms with Crippen molar-refractivity contribution >= 4 is 46.0 Å². The van der Waals surface area contributed by atoms with Crippen molar-refractivity contribution in [3.05, 3.63) is 69.5 Å². The van der Waals surface area contributed by atoms with Crippen LogP contribution in [0, 0.1) is 11.8 Å². The van der Waals surface area contributed by atoms with Crippen LogP contribution in [0.3, 0.4) is 0 Å². The molecule has 1 aromatic heterocycles. The summed E-state index contributed by atoms with van der Waals surface area (Å²) in [4.78, 5) is 43.7. The van der Waals surface area contributed by atoms with Crippen molar-refractivity contribution in [2.75, 3.05) is 18.9 Å². The molecular weight excluding hydrogens is 522 g/mol. The summed E-state index contributed by atoms with van der Waals surface area (Å²) in [5.74, 6) is 0.508. The minimum absolute atomic E-state index is 0.00458. The van der Waals surface area contributed by atoms with Gasteiger partial charge in [-0.3, -0.25) is 19.0 Å². The lowest BCUT2D eigenvalue weighted by Crippen LogP contribution is -2.38. The number of benzene rings is 2. The molecule has 1 saturated heterocycles. The smallest absolute Gasteiger partial charge is 0.262 e. The highest BCUT2D eigenvalue weighted by atomic mass is 35.5.